The number of benzene rings is 1. The molecule has 7 heteroatoms. The molecule has 1 atom stereocenters. The van der Waals surface area contributed by atoms with Gasteiger partial charge in [0.1, 0.15) is 5.82 Å². The van der Waals surface area contributed by atoms with Gasteiger partial charge in [0.2, 0.25) is 5.95 Å². The van der Waals surface area contributed by atoms with Crippen molar-refractivity contribution in [3.05, 3.63) is 41.4 Å². The van der Waals surface area contributed by atoms with E-state index in [0.717, 1.165) is 78.3 Å². The largest absolute Gasteiger partial charge is 0.378 e. The molecule has 3 aromatic rings. The number of hydrogen-bond donors (Lipinski definition) is 0. The molecule has 0 radical (unpaired) electrons. The zero-order valence-corrected chi connectivity index (χ0v) is 18.7. The van der Waals surface area contributed by atoms with Gasteiger partial charge in [0.15, 0.2) is 5.65 Å². The van der Waals surface area contributed by atoms with Crippen LogP contribution in [0.1, 0.15) is 32.6 Å². The number of pyridine rings is 1. The van der Waals surface area contributed by atoms with E-state index >= 15 is 0 Å². The topological polar surface area (TPSA) is 54.4 Å². The van der Waals surface area contributed by atoms with Crippen molar-refractivity contribution in [3.8, 4) is 11.3 Å². The fourth-order valence-corrected chi connectivity index (χ4v) is 4.72. The van der Waals surface area contributed by atoms with Gasteiger partial charge in [-0.3, -0.25) is 0 Å². The van der Waals surface area contributed by atoms with Crippen molar-refractivity contribution in [2.45, 2.75) is 38.6 Å². The van der Waals surface area contributed by atoms with Gasteiger partial charge in [-0.2, -0.15) is 9.97 Å². The predicted molar refractivity (Wildman–Crippen MR) is 126 cm³/mol. The van der Waals surface area contributed by atoms with Crippen LogP contribution >= 0.6 is 11.6 Å². The molecule has 1 unspecified atom stereocenters. The Morgan fingerprint density at radius 1 is 0.968 bits per heavy atom. The Kier molecular flexibility index (Phi) is 5.92. The van der Waals surface area contributed by atoms with Gasteiger partial charge < -0.3 is 14.5 Å². The van der Waals surface area contributed by atoms with Crippen LogP contribution in [-0.2, 0) is 4.74 Å². The number of nitrogens with zero attached hydrogens (tertiary/aromatic N) is 5. The summed E-state index contributed by atoms with van der Waals surface area (Å²) in [5, 5.41) is 1.72. The highest BCUT2D eigenvalue weighted by molar-refractivity contribution is 6.30. The lowest BCUT2D eigenvalue weighted by molar-refractivity contribution is 0.122. The van der Waals surface area contributed by atoms with Gasteiger partial charge in [-0.1, -0.05) is 30.7 Å². The summed E-state index contributed by atoms with van der Waals surface area (Å²) in [6.45, 7) is 6.37. The molecule has 2 saturated heterocycles. The second-order valence-corrected chi connectivity index (χ2v) is 8.71. The lowest BCUT2D eigenvalue weighted by Crippen LogP contribution is -2.41. The van der Waals surface area contributed by atoms with E-state index in [9.17, 15) is 0 Å². The van der Waals surface area contributed by atoms with Crippen molar-refractivity contribution >= 4 is 34.4 Å². The summed E-state index contributed by atoms with van der Waals surface area (Å²) in [5.74, 6) is 1.78. The van der Waals surface area contributed by atoms with Crippen LogP contribution in [0.15, 0.2) is 36.4 Å². The lowest BCUT2D eigenvalue weighted by Gasteiger charge is -2.36. The summed E-state index contributed by atoms with van der Waals surface area (Å²) < 4.78 is 5.58. The minimum atomic E-state index is 0.489. The maximum atomic E-state index is 6.07. The molecular formula is C24H28ClN5O. The molecular weight excluding hydrogens is 410 g/mol. The Balaban J connectivity index is 1.63. The molecule has 2 fully saturated rings. The first-order valence-corrected chi connectivity index (χ1v) is 11.6. The van der Waals surface area contributed by atoms with Crippen LogP contribution in [0.25, 0.3) is 22.3 Å². The number of rotatable bonds is 4. The van der Waals surface area contributed by atoms with E-state index in [1.54, 1.807) is 0 Å². The Hall–Kier alpha value is -2.44. The maximum absolute atomic E-state index is 6.07. The Morgan fingerprint density at radius 2 is 1.77 bits per heavy atom. The summed E-state index contributed by atoms with van der Waals surface area (Å²) in [4.78, 5) is 19.7. The SMILES string of the molecule is CCC1CCCCN1c1nc(N2CCOCC2)c2ccc(-c3ccc(Cl)cc3)nc2n1. The zero-order chi connectivity index (χ0) is 21.2. The number of aromatic nitrogens is 3. The Morgan fingerprint density at radius 3 is 2.55 bits per heavy atom. The monoisotopic (exact) mass is 437 g/mol. The van der Waals surface area contributed by atoms with Gasteiger partial charge in [-0.15, -0.1) is 0 Å². The van der Waals surface area contributed by atoms with Crippen molar-refractivity contribution in [1.29, 1.82) is 0 Å². The number of morpholine rings is 1. The minimum Gasteiger partial charge on any atom is -0.378 e. The smallest absolute Gasteiger partial charge is 0.229 e. The number of anilines is 2. The van der Waals surface area contributed by atoms with E-state index in [2.05, 4.69) is 22.8 Å². The fourth-order valence-electron chi connectivity index (χ4n) is 4.60. The molecule has 1 aromatic carbocycles. The molecule has 0 saturated carbocycles. The van der Waals surface area contributed by atoms with Gasteiger partial charge >= 0.3 is 0 Å². The van der Waals surface area contributed by atoms with E-state index < -0.39 is 0 Å². The van der Waals surface area contributed by atoms with E-state index in [0.29, 0.717) is 6.04 Å². The van der Waals surface area contributed by atoms with Crippen molar-refractivity contribution in [1.82, 2.24) is 15.0 Å². The van der Waals surface area contributed by atoms with Gasteiger partial charge in [0.25, 0.3) is 0 Å². The molecule has 31 heavy (non-hydrogen) atoms. The molecule has 5 rings (SSSR count). The van der Waals surface area contributed by atoms with Crippen LogP contribution in [0.3, 0.4) is 0 Å². The summed E-state index contributed by atoms with van der Waals surface area (Å²) >= 11 is 6.07. The normalized spacial score (nSPS) is 19.7. The molecule has 2 aromatic heterocycles. The van der Waals surface area contributed by atoms with Crippen LogP contribution in [0.5, 0.6) is 0 Å². The van der Waals surface area contributed by atoms with E-state index in [1.807, 2.05) is 30.3 Å². The summed E-state index contributed by atoms with van der Waals surface area (Å²) in [6, 6.07) is 12.4. The van der Waals surface area contributed by atoms with Gasteiger partial charge in [-0.25, -0.2) is 4.98 Å². The average molecular weight is 438 g/mol. The molecule has 2 aliphatic heterocycles. The second kappa shape index (κ2) is 8.97. The molecule has 162 valence electrons. The molecule has 0 aliphatic carbocycles. The average Bonchev–Trinajstić information content (AvgIpc) is 2.84. The van der Waals surface area contributed by atoms with Gasteiger partial charge in [0.05, 0.1) is 24.3 Å². The summed E-state index contributed by atoms with van der Waals surface area (Å²) in [7, 11) is 0. The van der Waals surface area contributed by atoms with Crippen LogP contribution in [0, 0.1) is 0 Å². The quantitative estimate of drug-likeness (QED) is 0.575. The number of ether oxygens (including phenoxy) is 1. The third-order valence-corrected chi connectivity index (χ3v) is 6.59. The molecule has 6 nitrogen and oxygen atoms in total. The molecule has 0 amide bonds. The molecule has 4 heterocycles. The second-order valence-electron chi connectivity index (χ2n) is 8.27. The first-order chi connectivity index (χ1) is 15.2. The highest BCUT2D eigenvalue weighted by atomic mass is 35.5. The highest BCUT2D eigenvalue weighted by Crippen LogP contribution is 2.31. The maximum Gasteiger partial charge on any atom is 0.229 e. The predicted octanol–water partition coefficient (Wildman–Crippen LogP) is 4.95. The van der Waals surface area contributed by atoms with E-state index in [1.165, 1.54) is 19.3 Å². The van der Waals surface area contributed by atoms with Crippen molar-refractivity contribution < 1.29 is 4.74 Å². The van der Waals surface area contributed by atoms with Gasteiger partial charge in [-0.05, 0) is 49.9 Å². The molecule has 2 aliphatic rings. The number of hydrogen-bond acceptors (Lipinski definition) is 6. The Bertz CT molecular complexity index is 1050. The first-order valence-electron chi connectivity index (χ1n) is 11.3. The van der Waals surface area contributed by atoms with Gasteiger partial charge in [0, 0.05) is 36.3 Å². The van der Waals surface area contributed by atoms with E-state index in [4.69, 9.17) is 31.3 Å². The lowest BCUT2D eigenvalue weighted by atomic mass is 10.0. The summed E-state index contributed by atoms with van der Waals surface area (Å²) in [6.07, 6.45) is 4.76. The van der Waals surface area contributed by atoms with Crippen LogP contribution in [-0.4, -0.2) is 53.8 Å². The first kappa shape index (κ1) is 20.5. The number of piperidine rings is 1. The number of fused-ring (bicyclic) bond motifs is 1. The molecule has 0 N–H and O–H groups in total. The van der Waals surface area contributed by atoms with Crippen LogP contribution in [0.2, 0.25) is 5.02 Å². The van der Waals surface area contributed by atoms with Crippen LogP contribution < -0.4 is 9.80 Å². The van der Waals surface area contributed by atoms with Crippen molar-refractivity contribution in [2.24, 2.45) is 0 Å². The third kappa shape index (κ3) is 4.19. The fraction of sp³-hybridized carbons (Fsp3) is 0.458. The third-order valence-electron chi connectivity index (χ3n) is 6.33. The van der Waals surface area contributed by atoms with Crippen LogP contribution in [0.4, 0.5) is 11.8 Å². The summed E-state index contributed by atoms with van der Waals surface area (Å²) in [5.41, 5.74) is 2.68. The van der Waals surface area contributed by atoms with Crippen molar-refractivity contribution in [2.75, 3.05) is 42.6 Å². The van der Waals surface area contributed by atoms with E-state index in [-0.39, 0.29) is 0 Å². The minimum absolute atomic E-state index is 0.489. The highest BCUT2D eigenvalue weighted by Gasteiger charge is 2.26. The molecule has 0 spiro atoms. The zero-order valence-electron chi connectivity index (χ0n) is 17.9. The van der Waals surface area contributed by atoms with Crippen molar-refractivity contribution in [3.63, 3.8) is 0 Å². The Labute approximate surface area is 188 Å². The molecule has 0 bridgehead atoms. The number of halogens is 1. The standard InChI is InChI=1S/C24H28ClN5O/c1-2-19-5-3-4-12-30(19)24-27-22-20(23(28-24)29-13-15-31-16-14-29)10-11-21(26-22)17-6-8-18(25)9-7-17/h6-11,19H,2-5,12-16H2,1H3.